The molecule has 4 aromatic rings. The van der Waals surface area contributed by atoms with E-state index in [1.165, 1.54) is 0 Å². The lowest BCUT2D eigenvalue weighted by Crippen LogP contribution is -2.05. The quantitative estimate of drug-likeness (QED) is 0.322. The van der Waals surface area contributed by atoms with E-state index in [1.54, 1.807) is 7.11 Å². The SMILES string of the molecule is COc1ccc(/C(=N\OCc2ccccc2)c2oc3ccccc3c2C)cc1. The Morgan fingerprint density at radius 2 is 1.61 bits per heavy atom. The van der Waals surface area contributed by atoms with E-state index in [0.29, 0.717) is 18.1 Å². The van der Waals surface area contributed by atoms with Crippen LogP contribution in [0.25, 0.3) is 11.0 Å². The molecule has 0 saturated heterocycles. The summed E-state index contributed by atoms with van der Waals surface area (Å²) in [5.41, 5.74) is 4.48. The lowest BCUT2D eigenvalue weighted by Gasteiger charge is -2.07. The first-order chi connectivity index (χ1) is 13.8. The zero-order valence-corrected chi connectivity index (χ0v) is 15.9. The molecule has 0 fully saturated rings. The summed E-state index contributed by atoms with van der Waals surface area (Å²) in [6.07, 6.45) is 0. The summed E-state index contributed by atoms with van der Waals surface area (Å²) in [6.45, 7) is 2.43. The number of rotatable bonds is 6. The minimum atomic E-state index is 0.389. The molecule has 4 heteroatoms. The van der Waals surface area contributed by atoms with E-state index < -0.39 is 0 Å². The summed E-state index contributed by atoms with van der Waals surface area (Å²) in [4.78, 5) is 5.69. The minimum Gasteiger partial charge on any atom is -0.497 e. The van der Waals surface area contributed by atoms with Gasteiger partial charge in [0.25, 0.3) is 0 Å². The summed E-state index contributed by atoms with van der Waals surface area (Å²) < 4.78 is 11.4. The smallest absolute Gasteiger partial charge is 0.160 e. The lowest BCUT2D eigenvalue weighted by molar-refractivity contribution is 0.130. The number of aryl methyl sites for hydroxylation is 1. The van der Waals surface area contributed by atoms with Crippen LogP contribution in [0, 0.1) is 6.92 Å². The summed E-state index contributed by atoms with van der Waals surface area (Å²) in [5.74, 6) is 1.49. The largest absolute Gasteiger partial charge is 0.497 e. The summed E-state index contributed by atoms with van der Waals surface area (Å²) in [5, 5.41) is 5.52. The zero-order chi connectivity index (χ0) is 19.3. The summed E-state index contributed by atoms with van der Waals surface area (Å²) in [7, 11) is 1.65. The number of benzene rings is 3. The summed E-state index contributed by atoms with van der Waals surface area (Å²) >= 11 is 0. The molecule has 0 N–H and O–H groups in total. The van der Waals surface area contributed by atoms with E-state index in [9.17, 15) is 0 Å². The number of methoxy groups -OCH3 is 1. The maximum absolute atomic E-state index is 6.13. The second kappa shape index (κ2) is 8.01. The van der Waals surface area contributed by atoms with Gasteiger partial charge in [-0.1, -0.05) is 53.7 Å². The number of ether oxygens (including phenoxy) is 1. The molecule has 1 aromatic heterocycles. The number of hydrogen-bond donors (Lipinski definition) is 0. The van der Waals surface area contributed by atoms with Crippen LogP contribution in [0.15, 0.2) is 88.4 Å². The van der Waals surface area contributed by atoms with Crippen molar-refractivity contribution < 1.29 is 14.0 Å². The molecule has 0 aliphatic rings. The molecule has 0 radical (unpaired) electrons. The van der Waals surface area contributed by atoms with Crippen molar-refractivity contribution in [2.75, 3.05) is 7.11 Å². The number of nitrogens with zero attached hydrogens (tertiary/aromatic N) is 1. The number of fused-ring (bicyclic) bond motifs is 1. The van der Waals surface area contributed by atoms with Crippen LogP contribution in [-0.4, -0.2) is 12.8 Å². The first kappa shape index (κ1) is 17.9. The maximum atomic E-state index is 6.13. The van der Waals surface area contributed by atoms with Crippen molar-refractivity contribution in [1.82, 2.24) is 0 Å². The lowest BCUT2D eigenvalue weighted by atomic mass is 10.0. The molecule has 0 aliphatic heterocycles. The predicted octanol–water partition coefficient (Wildman–Crippen LogP) is 5.72. The molecular formula is C24H21NO3. The normalized spacial score (nSPS) is 11.6. The average molecular weight is 371 g/mol. The van der Waals surface area contributed by atoms with Gasteiger partial charge in [-0.05, 0) is 42.8 Å². The van der Waals surface area contributed by atoms with Gasteiger partial charge < -0.3 is 14.0 Å². The molecule has 0 saturated carbocycles. The van der Waals surface area contributed by atoms with E-state index in [2.05, 4.69) is 5.16 Å². The fourth-order valence-corrected chi connectivity index (χ4v) is 3.12. The van der Waals surface area contributed by atoms with Gasteiger partial charge >= 0.3 is 0 Å². The Morgan fingerprint density at radius 1 is 0.893 bits per heavy atom. The van der Waals surface area contributed by atoms with Gasteiger partial charge in [-0.25, -0.2) is 0 Å². The number of furan rings is 1. The Hall–Kier alpha value is -3.53. The third-order valence-electron chi connectivity index (χ3n) is 4.65. The molecule has 0 aliphatic carbocycles. The third kappa shape index (κ3) is 3.62. The van der Waals surface area contributed by atoms with Crippen LogP contribution in [0.3, 0.4) is 0 Å². The van der Waals surface area contributed by atoms with Gasteiger partial charge in [-0.2, -0.15) is 0 Å². The van der Waals surface area contributed by atoms with Gasteiger partial charge in [0.2, 0.25) is 0 Å². The van der Waals surface area contributed by atoms with Gasteiger partial charge in [0.1, 0.15) is 17.9 Å². The van der Waals surface area contributed by atoms with E-state index in [-0.39, 0.29) is 0 Å². The highest BCUT2D eigenvalue weighted by atomic mass is 16.6. The topological polar surface area (TPSA) is 44.0 Å². The Labute approximate surface area is 164 Å². The zero-order valence-electron chi connectivity index (χ0n) is 15.9. The summed E-state index contributed by atoms with van der Waals surface area (Å²) in [6, 6.07) is 25.7. The highest BCUT2D eigenvalue weighted by Crippen LogP contribution is 2.28. The molecule has 4 rings (SSSR count). The molecule has 28 heavy (non-hydrogen) atoms. The van der Waals surface area contributed by atoms with Crippen molar-refractivity contribution in [1.29, 1.82) is 0 Å². The van der Waals surface area contributed by atoms with Crippen molar-refractivity contribution in [2.24, 2.45) is 5.16 Å². The van der Waals surface area contributed by atoms with Gasteiger partial charge in [0, 0.05) is 16.5 Å². The predicted molar refractivity (Wildman–Crippen MR) is 111 cm³/mol. The fourth-order valence-electron chi connectivity index (χ4n) is 3.12. The van der Waals surface area contributed by atoms with Crippen LogP contribution >= 0.6 is 0 Å². The first-order valence-corrected chi connectivity index (χ1v) is 9.13. The van der Waals surface area contributed by atoms with Gasteiger partial charge in [0.05, 0.1) is 7.11 Å². The Balaban J connectivity index is 1.73. The van der Waals surface area contributed by atoms with Gasteiger partial charge in [-0.3, -0.25) is 0 Å². The highest BCUT2D eigenvalue weighted by molar-refractivity contribution is 6.13. The Bertz CT molecular complexity index is 1100. The Morgan fingerprint density at radius 3 is 2.32 bits per heavy atom. The van der Waals surface area contributed by atoms with E-state index in [4.69, 9.17) is 14.0 Å². The van der Waals surface area contributed by atoms with E-state index in [1.807, 2.05) is 85.8 Å². The van der Waals surface area contributed by atoms with Crippen LogP contribution in [-0.2, 0) is 11.4 Å². The molecule has 0 spiro atoms. The number of para-hydroxylation sites is 1. The fraction of sp³-hybridized carbons (Fsp3) is 0.125. The molecular weight excluding hydrogens is 350 g/mol. The van der Waals surface area contributed by atoms with Crippen LogP contribution in [0.4, 0.5) is 0 Å². The monoisotopic (exact) mass is 371 g/mol. The van der Waals surface area contributed by atoms with Gasteiger partial charge in [-0.15, -0.1) is 0 Å². The second-order valence-electron chi connectivity index (χ2n) is 6.48. The van der Waals surface area contributed by atoms with Crippen molar-refractivity contribution in [3.05, 3.63) is 101 Å². The number of oxime groups is 1. The third-order valence-corrected chi connectivity index (χ3v) is 4.65. The first-order valence-electron chi connectivity index (χ1n) is 9.13. The van der Waals surface area contributed by atoms with Gasteiger partial charge in [0.15, 0.2) is 11.5 Å². The van der Waals surface area contributed by atoms with Crippen LogP contribution in [0.2, 0.25) is 0 Å². The Kier molecular flexibility index (Phi) is 5.11. The van der Waals surface area contributed by atoms with Crippen LogP contribution < -0.4 is 4.74 Å². The van der Waals surface area contributed by atoms with Crippen LogP contribution in [0.5, 0.6) is 5.75 Å². The molecule has 0 amide bonds. The van der Waals surface area contributed by atoms with E-state index >= 15 is 0 Å². The van der Waals surface area contributed by atoms with E-state index in [0.717, 1.165) is 33.4 Å². The standard InChI is InChI=1S/C24H21NO3/c1-17-21-10-6-7-11-22(21)28-24(17)23(19-12-14-20(26-2)15-13-19)25-27-16-18-8-4-3-5-9-18/h3-15H,16H2,1-2H3/b25-23+. The van der Waals surface area contributed by atoms with Crippen molar-refractivity contribution in [2.45, 2.75) is 13.5 Å². The highest BCUT2D eigenvalue weighted by Gasteiger charge is 2.18. The van der Waals surface area contributed by atoms with Crippen molar-refractivity contribution >= 4 is 16.7 Å². The van der Waals surface area contributed by atoms with Crippen molar-refractivity contribution in [3.63, 3.8) is 0 Å². The molecule has 0 atom stereocenters. The second-order valence-corrected chi connectivity index (χ2v) is 6.48. The molecule has 3 aromatic carbocycles. The van der Waals surface area contributed by atoms with Crippen molar-refractivity contribution in [3.8, 4) is 5.75 Å². The molecule has 0 unspecified atom stereocenters. The molecule has 140 valence electrons. The number of hydrogen-bond acceptors (Lipinski definition) is 4. The van der Waals surface area contributed by atoms with Crippen LogP contribution in [0.1, 0.15) is 22.5 Å². The molecule has 4 nitrogen and oxygen atoms in total. The average Bonchev–Trinajstić information content (AvgIpc) is 3.09. The minimum absolute atomic E-state index is 0.389. The maximum Gasteiger partial charge on any atom is 0.160 e. The molecule has 1 heterocycles. The molecule has 0 bridgehead atoms.